The molecule has 1 aromatic carbocycles. The minimum absolute atomic E-state index is 0.272. The first-order valence-corrected chi connectivity index (χ1v) is 8.63. The number of thiophene rings is 1. The summed E-state index contributed by atoms with van der Waals surface area (Å²) in [6, 6.07) is 10.2. The van der Waals surface area contributed by atoms with Crippen molar-refractivity contribution < 1.29 is 18.7 Å². The molecule has 1 aromatic heterocycles. The van der Waals surface area contributed by atoms with Crippen LogP contribution in [0.3, 0.4) is 0 Å². The van der Waals surface area contributed by atoms with Crippen molar-refractivity contribution in [2.24, 2.45) is 0 Å². The largest absolute Gasteiger partial charge is 0.450 e. The number of ether oxygens (including phenoxy) is 1. The summed E-state index contributed by atoms with van der Waals surface area (Å²) < 4.78 is 18.5. The van der Waals surface area contributed by atoms with Crippen molar-refractivity contribution in [2.75, 3.05) is 19.7 Å². The van der Waals surface area contributed by atoms with Crippen LogP contribution in [0.2, 0.25) is 0 Å². The van der Waals surface area contributed by atoms with E-state index in [2.05, 4.69) is 10.6 Å². The van der Waals surface area contributed by atoms with Gasteiger partial charge >= 0.3 is 6.09 Å². The van der Waals surface area contributed by atoms with Crippen LogP contribution in [0.4, 0.5) is 9.18 Å². The van der Waals surface area contributed by atoms with E-state index in [-0.39, 0.29) is 18.3 Å². The molecule has 0 unspecified atom stereocenters. The Hall–Kier alpha value is -2.67. The Morgan fingerprint density at radius 3 is 2.68 bits per heavy atom. The summed E-state index contributed by atoms with van der Waals surface area (Å²) in [4.78, 5) is 24.4. The number of hydrogen-bond donors (Lipinski definition) is 2. The van der Waals surface area contributed by atoms with Gasteiger partial charge in [0.05, 0.1) is 6.61 Å². The van der Waals surface area contributed by atoms with E-state index in [9.17, 15) is 14.0 Å². The van der Waals surface area contributed by atoms with Crippen LogP contribution in [0.5, 0.6) is 0 Å². The predicted octanol–water partition coefficient (Wildman–Crippen LogP) is 3.43. The summed E-state index contributed by atoms with van der Waals surface area (Å²) in [6.45, 7) is 2.60. The second kappa shape index (κ2) is 9.58. The van der Waals surface area contributed by atoms with E-state index < -0.39 is 6.09 Å². The standard InChI is InChI=1S/C18H19FN2O3S/c1-2-24-18(23)21-12-11-20-17(22)10-8-13-7-9-16(25-13)14-5-3-4-6-15(14)19/h3-10H,2,11-12H2,1H3,(H,20,22)(H,21,23)/b10-8+. The molecular formula is C18H19FN2O3S. The molecule has 0 aliphatic carbocycles. The summed E-state index contributed by atoms with van der Waals surface area (Å²) in [7, 11) is 0. The molecule has 2 amide bonds. The lowest BCUT2D eigenvalue weighted by Crippen LogP contribution is -2.34. The molecule has 132 valence electrons. The lowest BCUT2D eigenvalue weighted by molar-refractivity contribution is -0.116. The van der Waals surface area contributed by atoms with Gasteiger partial charge in [0.25, 0.3) is 0 Å². The van der Waals surface area contributed by atoms with Gasteiger partial charge in [-0.05, 0) is 31.2 Å². The van der Waals surface area contributed by atoms with Crippen LogP contribution in [0.1, 0.15) is 11.8 Å². The molecule has 0 bridgehead atoms. The van der Waals surface area contributed by atoms with Crippen LogP contribution >= 0.6 is 11.3 Å². The average molecular weight is 362 g/mol. The number of nitrogens with one attached hydrogen (secondary N) is 2. The zero-order valence-corrected chi connectivity index (χ0v) is 14.6. The molecule has 0 aliphatic rings. The third-order valence-corrected chi connectivity index (χ3v) is 4.22. The summed E-state index contributed by atoms with van der Waals surface area (Å²) in [5.74, 6) is -0.543. The summed E-state index contributed by atoms with van der Waals surface area (Å²) >= 11 is 1.40. The van der Waals surface area contributed by atoms with Crippen LogP contribution in [0.25, 0.3) is 16.5 Å². The van der Waals surface area contributed by atoms with Gasteiger partial charge < -0.3 is 15.4 Å². The second-order valence-electron chi connectivity index (χ2n) is 4.95. The molecule has 2 N–H and O–H groups in total. The maximum atomic E-state index is 13.8. The highest BCUT2D eigenvalue weighted by atomic mass is 32.1. The molecule has 0 radical (unpaired) electrons. The fraction of sp³-hybridized carbons (Fsp3) is 0.222. The van der Waals surface area contributed by atoms with Crippen molar-refractivity contribution in [3.05, 3.63) is 53.2 Å². The molecule has 0 saturated carbocycles. The van der Waals surface area contributed by atoms with Crippen LogP contribution < -0.4 is 10.6 Å². The zero-order valence-electron chi connectivity index (χ0n) is 13.8. The van der Waals surface area contributed by atoms with Crippen molar-refractivity contribution in [1.29, 1.82) is 0 Å². The molecule has 0 spiro atoms. The fourth-order valence-corrected chi connectivity index (χ4v) is 2.94. The molecular weight excluding hydrogens is 343 g/mol. The SMILES string of the molecule is CCOC(=O)NCCNC(=O)/C=C/c1ccc(-c2ccccc2F)s1. The molecule has 5 nitrogen and oxygen atoms in total. The molecule has 25 heavy (non-hydrogen) atoms. The number of alkyl carbamates (subject to hydrolysis) is 1. The van der Waals surface area contributed by atoms with Gasteiger partial charge in [-0.15, -0.1) is 11.3 Å². The zero-order chi connectivity index (χ0) is 18.1. The lowest BCUT2D eigenvalue weighted by atomic mass is 10.2. The number of carbonyl (C=O) groups is 2. The van der Waals surface area contributed by atoms with Crippen LogP contribution in [-0.2, 0) is 9.53 Å². The van der Waals surface area contributed by atoms with Gasteiger partial charge in [0.2, 0.25) is 5.91 Å². The highest BCUT2D eigenvalue weighted by molar-refractivity contribution is 7.16. The van der Waals surface area contributed by atoms with Crippen LogP contribution in [-0.4, -0.2) is 31.7 Å². The lowest BCUT2D eigenvalue weighted by Gasteiger charge is -2.05. The molecule has 0 saturated heterocycles. The number of halogens is 1. The van der Waals surface area contributed by atoms with E-state index in [1.54, 1.807) is 31.2 Å². The van der Waals surface area contributed by atoms with Crippen LogP contribution in [0, 0.1) is 5.82 Å². The number of amides is 2. The molecule has 0 aliphatic heterocycles. The Labute approximate surface area is 149 Å². The van der Waals surface area contributed by atoms with E-state index >= 15 is 0 Å². The van der Waals surface area contributed by atoms with E-state index in [0.29, 0.717) is 18.7 Å². The van der Waals surface area contributed by atoms with Gasteiger partial charge in [0.1, 0.15) is 5.82 Å². The van der Waals surface area contributed by atoms with E-state index in [4.69, 9.17) is 4.74 Å². The summed E-state index contributed by atoms with van der Waals surface area (Å²) in [6.07, 6.45) is 2.57. The summed E-state index contributed by atoms with van der Waals surface area (Å²) in [5, 5.41) is 5.15. The van der Waals surface area contributed by atoms with Gasteiger partial charge in [0, 0.05) is 34.5 Å². The minimum Gasteiger partial charge on any atom is -0.450 e. The highest BCUT2D eigenvalue weighted by Gasteiger charge is 2.06. The number of carbonyl (C=O) groups excluding carboxylic acids is 2. The normalized spacial score (nSPS) is 10.6. The first-order valence-electron chi connectivity index (χ1n) is 7.81. The van der Waals surface area contributed by atoms with Gasteiger partial charge in [-0.2, -0.15) is 0 Å². The third-order valence-electron chi connectivity index (χ3n) is 3.13. The average Bonchev–Trinajstić information content (AvgIpc) is 3.06. The van der Waals surface area contributed by atoms with Gasteiger partial charge in [-0.3, -0.25) is 4.79 Å². The van der Waals surface area contributed by atoms with Crippen molar-refractivity contribution in [3.8, 4) is 10.4 Å². The van der Waals surface area contributed by atoms with E-state index in [1.807, 2.05) is 12.1 Å². The molecule has 0 atom stereocenters. The highest BCUT2D eigenvalue weighted by Crippen LogP contribution is 2.30. The Kier molecular flexibility index (Phi) is 7.16. The Bertz CT molecular complexity index is 758. The second-order valence-corrected chi connectivity index (χ2v) is 6.07. The topological polar surface area (TPSA) is 67.4 Å². The Morgan fingerprint density at radius 1 is 1.16 bits per heavy atom. The van der Waals surface area contributed by atoms with Crippen LogP contribution in [0.15, 0.2) is 42.5 Å². The minimum atomic E-state index is -0.508. The Morgan fingerprint density at radius 2 is 1.92 bits per heavy atom. The Balaban J connectivity index is 1.81. The van der Waals surface area contributed by atoms with Crippen molar-refractivity contribution in [1.82, 2.24) is 10.6 Å². The number of rotatable bonds is 7. The van der Waals surface area contributed by atoms with Crippen molar-refractivity contribution in [2.45, 2.75) is 6.92 Å². The van der Waals surface area contributed by atoms with E-state index in [0.717, 1.165) is 9.75 Å². The third kappa shape index (κ3) is 6.04. The quantitative estimate of drug-likeness (QED) is 0.586. The molecule has 2 aromatic rings. The number of hydrogen-bond acceptors (Lipinski definition) is 4. The van der Waals surface area contributed by atoms with Gasteiger partial charge in [0.15, 0.2) is 0 Å². The maximum Gasteiger partial charge on any atom is 0.407 e. The first-order chi connectivity index (χ1) is 12.1. The fourth-order valence-electron chi connectivity index (χ4n) is 2.00. The molecule has 0 fully saturated rings. The first kappa shape index (κ1) is 18.7. The number of benzene rings is 1. The molecule has 1 heterocycles. The van der Waals surface area contributed by atoms with E-state index in [1.165, 1.54) is 23.5 Å². The predicted molar refractivity (Wildman–Crippen MR) is 96.8 cm³/mol. The monoisotopic (exact) mass is 362 g/mol. The van der Waals surface area contributed by atoms with Crippen molar-refractivity contribution in [3.63, 3.8) is 0 Å². The smallest absolute Gasteiger partial charge is 0.407 e. The molecule has 7 heteroatoms. The summed E-state index contributed by atoms with van der Waals surface area (Å²) in [5.41, 5.74) is 0.543. The van der Waals surface area contributed by atoms with Crippen molar-refractivity contribution >= 4 is 29.4 Å². The maximum absolute atomic E-state index is 13.8. The van der Waals surface area contributed by atoms with Gasteiger partial charge in [-0.1, -0.05) is 18.2 Å². The molecule has 2 rings (SSSR count). The van der Waals surface area contributed by atoms with Gasteiger partial charge in [-0.25, -0.2) is 9.18 Å².